The maximum absolute atomic E-state index is 12.2. The van der Waals surface area contributed by atoms with Gasteiger partial charge in [0.25, 0.3) is 0 Å². The highest BCUT2D eigenvalue weighted by Crippen LogP contribution is 2.19. The van der Waals surface area contributed by atoms with Crippen LogP contribution in [0.4, 0.5) is 11.4 Å². The second-order valence-corrected chi connectivity index (χ2v) is 6.40. The second-order valence-electron chi connectivity index (χ2n) is 5.37. The lowest BCUT2D eigenvalue weighted by molar-refractivity contribution is -0.119. The smallest absolute Gasteiger partial charge is 0.227 e. The van der Waals surface area contributed by atoms with Crippen molar-refractivity contribution < 1.29 is 9.90 Å². The molecule has 2 aromatic rings. The van der Waals surface area contributed by atoms with Crippen LogP contribution in [0.15, 0.2) is 41.8 Å². The Labute approximate surface area is 135 Å². The van der Waals surface area contributed by atoms with Crippen molar-refractivity contribution in [3.8, 4) is 0 Å². The van der Waals surface area contributed by atoms with Gasteiger partial charge in [0.2, 0.25) is 5.91 Å². The van der Waals surface area contributed by atoms with Crippen LogP contribution < -0.4 is 10.2 Å². The summed E-state index contributed by atoms with van der Waals surface area (Å²) in [6.45, 7) is 2.65. The molecule has 2 rings (SSSR count). The van der Waals surface area contributed by atoms with Gasteiger partial charge in [0.15, 0.2) is 0 Å². The first-order chi connectivity index (χ1) is 10.6. The Hall–Kier alpha value is -1.85. The van der Waals surface area contributed by atoms with Crippen molar-refractivity contribution in [3.05, 3.63) is 46.7 Å². The number of likely N-dealkylation sites (N-methyl/N-ethyl adjacent to an activating group) is 1. The first kappa shape index (κ1) is 16.5. The molecule has 0 saturated carbocycles. The SMILES string of the molecule is CC(Cc1cccs1)C(=O)Nc1ccc(N(C)CCO)cc1. The molecule has 0 aliphatic rings. The van der Waals surface area contributed by atoms with Crippen molar-refractivity contribution in [3.63, 3.8) is 0 Å². The quantitative estimate of drug-likeness (QED) is 0.825. The molecular formula is C17H22N2O2S. The molecule has 4 nitrogen and oxygen atoms in total. The zero-order valence-electron chi connectivity index (χ0n) is 13.0. The average molecular weight is 318 g/mol. The number of amides is 1. The van der Waals surface area contributed by atoms with E-state index in [1.54, 1.807) is 11.3 Å². The zero-order chi connectivity index (χ0) is 15.9. The first-order valence-corrected chi connectivity index (χ1v) is 8.23. The number of aliphatic hydroxyl groups excluding tert-OH is 1. The minimum Gasteiger partial charge on any atom is -0.395 e. The average Bonchev–Trinajstić information content (AvgIpc) is 3.01. The van der Waals surface area contributed by atoms with Crippen molar-refractivity contribution in [1.29, 1.82) is 0 Å². The molecule has 0 saturated heterocycles. The van der Waals surface area contributed by atoms with Gasteiger partial charge in [0.05, 0.1) is 6.61 Å². The van der Waals surface area contributed by atoms with Gasteiger partial charge in [-0.05, 0) is 42.1 Å². The Morgan fingerprint density at radius 1 is 1.32 bits per heavy atom. The van der Waals surface area contributed by atoms with Crippen LogP contribution in [0.3, 0.4) is 0 Å². The Balaban J connectivity index is 1.91. The summed E-state index contributed by atoms with van der Waals surface area (Å²) in [7, 11) is 1.92. The lowest BCUT2D eigenvalue weighted by Gasteiger charge is -2.18. The Morgan fingerprint density at radius 3 is 2.64 bits per heavy atom. The molecule has 1 atom stereocenters. The number of benzene rings is 1. The van der Waals surface area contributed by atoms with Crippen LogP contribution >= 0.6 is 11.3 Å². The third-order valence-electron chi connectivity index (χ3n) is 3.55. The van der Waals surface area contributed by atoms with E-state index in [1.807, 2.05) is 54.6 Å². The molecule has 1 aromatic carbocycles. The van der Waals surface area contributed by atoms with Gasteiger partial charge in [-0.2, -0.15) is 0 Å². The second kappa shape index (κ2) is 7.96. The number of thiophene rings is 1. The van der Waals surface area contributed by atoms with E-state index in [2.05, 4.69) is 11.4 Å². The van der Waals surface area contributed by atoms with Crippen molar-refractivity contribution >= 4 is 28.6 Å². The summed E-state index contributed by atoms with van der Waals surface area (Å²) in [6, 6.07) is 11.7. The van der Waals surface area contributed by atoms with Gasteiger partial charge in [-0.3, -0.25) is 4.79 Å². The summed E-state index contributed by atoms with van der Waals surface area (Å²) >= 11 is 1.68. The van der Waals surface area contributed by atoms with E-state index in [0.717, 1.165) is 17.8 Å². The molecule has 2 N–H and O–H groups in total. The normalized spacial score (nSPS) is 12.0. The molecular weight excluding hydrogens is 296 g/mol. The van der Waals surface area contributed by atoms with Crippen LogP contribution in [0.25, 0.3) is 0 Å². The Kier molecular flexibility index (Phi) is 5.98. The standard InChI is InChI=1S/C17H22N2O2S/c1-13(12-16-4-3-11-22-16)17(21)18-14-5-7-15(8-6-14)19(2)9-10-20/h3-8,11,13,20H,9-10,12H2,1-2H3,(H,18,21). The minimum atomic E-state index is -0.0598. The third-order valence-corrected chi connectivity index (χ3v) is 4.44. The number of carbonyl (C=O) groups is 1. The van der Waals surface area contributed by atoms with Gasteiger partial charge >= 0.3 is 0 Å². The van der Waals surface area contributed by atoms with Crippen molar-refractivity contribution in [2.24, 2.45) is 5.92 Å². The van der Waals surface area contributed by atoms with E-state index >= 15 is 0 Å². The van der Waals surface area contributed by atoms with Gasteiger partial charge in [-0.15, -0.1) is 11.3 Å². The minimum absolute atomic E-state index is 0.0323. The van der Waals surface area contributed by atoms with E-state index < -0.39 is 0 Å². The van der Waals surface area contributed by atoms with Crippen LogP contribution in [-0.2, 0) is 11.2 Å². The van der Waals surface area contributed by atoms with Gasteiger partial charge in [0.1, 0.15) is 0 Å². The number of anilines is 2. The molecule has 0 fully saturated rings. The molecule has 118 valence electrons. The monoisotopic (exact) mass is 318 g/mol. The number of nitrogens with zero attached hydrogens (tertiary/aromatic N) is 1. The van der Waals surface area contributed by atoms with Gasteiger partial charge in [-0.1, -0.05) is 13.0 Å². The maximum Gasteiger partial charge on any atom is 0.227 e. The summed E-state index contributed by atoms with van der Waals surface area (Å²) in [5.74, 6) is -0.0275. The largest absolute Gasteiger partial charge is 0.395 e. The van der Waals surface area contributed by atoms with Crippen molar-refractivity contribution in [1.82, 2.24) is 0 Å². The van der Waals surface area contributed by atoms with Crippen molar-refractivity contribution in [2.45, 2.75) is 13.3 Å². The van der Waals surface area contributed by atoms with Gasteiger partial charge < -0.3 is 15.3 Å². The van der Waals surface area contributed by atoms with Crippen LogP contribution in [0.5, 0.6) is 0 Å². The predicted octanol–water partition coefficient (Wildman–Crippen LogP) is 2.99. The van der Waals surface area contributed by atoms with Crippen molar-refractivity contribution in [2.75, 3.05) is 30.4 Å². The Morgan fingerprint density at radius 2 is 2.05 bits per heavy atom. The molecule has 1 heterocycles. The predicted molar refractivity (Wildman–Crippen MR) is 92.6 cm³/mol. The summed E-state index contributed by atoms with van der Waals surface area (Å²) < 4.78 is 0. The highest BCUT2D eigenvalue weighted by atomic mass is 32.1. The maximum atomic E-state index is 12.2. The van der Waals surface area contributed by atoms with E-state index in [4.69, 9.17) is 5.11 Å². The topological polar surface area (TPSA) is 52.6 Å². The highest BCUT2D eigenvalue weighted by Gasteiger charge is 2.14. The Bertz CT molecular complexity index is 581. The molecule has 0 aliphatic heterocycles. The highest BCUT2D eigenvalue weighted by molar-refractivity contribution is 7.09. The first-order valence-electron chi connectivity index (χ1n) is 7.35. The number of hydrogen-bond acceptors (Lipinski definition) is 4. The molecule has 1 amide bonds. The summed E-state index contributed by atoms with van der Waals surface area (Å²) in [6.07, 6.45) is 0.765. The molecule has 0 spiro atoms. The third kappa shape index (κ3) is 4.58. The molecule has 0 radical (unpaired) electrons. The van der Waals surface area contributed by atoms with Crippen LogP contribution in [0.1, 0.15) is 11.8 Å². The molecule has 5 heteroatoms. The van der Waals surface area contributed by atoms with Crippen LogP contribution in [0.2, 0.25) is 0 Å². The number of nitrogens with one attached hydrogen (secondary N) is 1. The number of carbonyl (C=O) groups excluding carboxylic acids is 1. The molecule has 0 aliphatic carbocycles. The summed E-state index contributed by atoms with van der Waals surface area (Å²) in [5, 5.41) is 13.9. The number of aliphatic hydroxyl groups is 1. The molecule has 1 aromatic heterocycles. The van der Waals surface area contributed by atoms with Crippen LogP contribution in [-0.4, -0.2) is 31.2 Å². The molecule has 1 unspecified atom stereocenters. The molecule has 22 heavy (non-hydrogen) atoms. The fourth-order valence-electron chi connectivity index (χ4n) is 2.17. The van der Waals surface area contributed by atoms with Crippen LogP contribution in [0, 0.1) is 5.92 Å². The fourth-order valence-corrected chi connectivity index (χ4v) is 3.00. The van der Waals surface area contributed by atoms with E-state index in [-0.39, 0.29) is 18.4 Å². The van der Waals surface area contributed by atoms with Gasteiger partial charge in [0, 0.05) is 35.8 Å². The van der Waals surface area contributed by atoms with E-state index in [9.17, 15) is 4.79 Å². The lowest BCUT2D eigenvalue weighted by Crippen LogP contribution is -2.22. The zero-order valence-corrected chi connectivity index (χ0v) is 13.8. The number of hydrogen-bond donors (Lipinski definition) is 2. The number of rotatable bonds is 7. The summed E-state index contributed by atoms with van der Waals surface area (Å²) in [4.78, 5) is 15.4. The van der Waals surface area contributed by atoms with E-state index in [1.165, 1.54) is 4.88 Å². The van der Waals surface area contributed by atoms with Gasteiger partial charge in [-0.25, -0.2) is 0 Å². The fraction of sp³-hybridized carbons (Fsp3) is 0.353. The lowest BCUT2D eigenvalue weighted by atomic mass is 10.1. The van der Waals surface area contributed by atoms with E-state index in [0.29, 0.717) is 6.54 Å². The molecule has 0 bridgehead atoms. The summed E-state index contributed by atoms with van der Waals surface area (Å²) in [5.41, 5.74) is 1.81.